The molecule has 0 spiro atoms. The third kappa shape index (κ3) is 2.25. The van der Waals surface area contributed by atoms with Crippen LogP contribution in [0, 0.1) is 6.92 Å². The third-order valence-corrected chi connectivity index (χ3v) is 3.45. The zero-order valence-electron chi connectivity index (χ0n) is 10.1. The predicted molar refractivity (Wildman–Crippen MR) is 64.8 cm³/mol. The van der Waals surface area contributed by atoms with E-state index in [-0.39, 0.29) is 0 Å². The quantitative estimate of drug-likeness (QED) is 0.799. The second kappa shape index (κ2) is 4.58. The van der Waals surface area contributed by atoms with Crippen molar-refractivity contribution < 1.29 is 4.74 Å². The van der Waals surface area contributed by atoms with Crippen LogP contribution in [-0.2, 0) is 17.8 Å². The summed E-state index contributed by atoms with van der Waals surface area (Å²) < 4.78 is 5.34. The Hall–Kier alpha value is -1.20. The molecule has 1 fully saturated rings. The van der Waals surface area contributed by atoms with Crippen LogP contribution in [0.4, 0.5) is 5.95 Å². The van der Waals surface area contributed by atoms with Crippen LogP contribution >= 0.6 is 0 Å². The summed E-state index contributed by atoms with van der Waals surface area (Å²) in [6, 6.07) is 0.454. The lowest BCUT2D eigenvalue weighted by atomic mass is 10.1. The smallest absolute Gasteiger partial charge is 0.223 e. The normalized spacial score (nSPS) is 20.3. The molecule has 2 aliphatic heterocycles. The molecule has 5 nitrogen and oxygen atoms in total. The summed E-state index contributed by atoms with van der Waals surface area (Å²) in [5.74, 6) is 0.775. The molecule has 0 radical (unpaired) electrons. The number of anilines is 1. The average Bonchev–Trinajstić information content (AvgIpc) is 2.79. The minimum Gasteiger partial charge on any atom is -0.381 e. The van der Waals surface area contributed by atoms with Gasteiger partial charge in [0.05, 0.1) is 5.69 Å². The van der Waals surface area contributed by atoms with Gasteiger partial charge in [0.25, 0.3) is 0 Å². The van der Waals surface area contributed by atoms with Gasteiger partial charge in [-0.2, -0.15) is 0 Å². The van der Waals surface area contributed by atoms with Gasteiger partial charge in [0.1, 0.15) is 0 Å². The van der Waals surface area contributed by atoms with Crippen molar-refractivity contribution in [3.8, 4) is 0 Å². The van der Waals surface area contributed by atoms with Gasteiger partial charge in [-0.15, -0.1) is 0 Å². The number of ether oxygens (including phenoxy) is 1. The molecule has 17 heavy (non-hydrogen) atoms. The molecular weight excluding hydrogens is 216 g/mol. The van der Waals surface area contributed by atoms with E-state index in [0.717, 1.165) is 56.5 Å². The Labute approximate surface area is 101 Å². The van der Waals surface area contributed by atoms with Crippen LogP contribution in [0.25, 0.3) is 0 Å². The topological polar surface area (TPSA) is 59.1 Å². The second-order valence-electron chi connectivity index (χ2n) is 4.69. The standard InChI is InChI=1S/C12H18N4O/c1-8-10-6-13-7-11(10)16-12(14-8)15-9-2-4-17-5-3-9/h9,13H,2-7H2,1H3,(H,14,15,16). The van der Waals surface area contributed by atoms with Crippen molar-refractivity contribution in [2.75, 3.05) is 18.5 Å². The van der Waals surface area contributed by atoms with Crippen LogP contribution in [0.3, 0.4) is 0 Å². The van der Waals surface area contributed by atoms with E-state index in [4.69, 9.17) is 4.74 Å². The molecule has 1 aromatic rings. The molecule has 92 valence electrons. The van der Waals surface area contributed by atoms with Crippen LogP contribution < -0.4 is 10.6 Å². The molecule has 0 aromatic carbocycles. The number of aryl methyl sites for hydroxylation is 1. The summed E-state index contributed by atoms with van der Waals surface area (Å²) in [4.78, 5) is 9.12. The van der Waals surface area contributed by atoms with Gasteiger partial charge in [-0.25, -0.2) is 9.97 Å². The first-order chi connectivity index (χ1) is 8.33. The van der Waals surface area contributed by atoms with Gasteiger partial charge in [-0.05, 0) is 19.8 Å². The van der Waals surface area contributed by atoms with E-state index in [1.807, 2.05) is 0 Å². The maximum atomic E-state index is 5.34. The van der Waals surface area contributed by atoms with E-state index >= 15 is 0 Å². The van der Waals surface area contributed by atoms with Crippen molar-refractivity contribution in [2.45, 2.75) is 38.9 Å². The number of hydrogen-bond acceptors (Lipinski definition) is 5. The fourth-order valence-corrected chi connectivity index (χ4v) is 2.43. The highest BCUT2D eigenvalue weighted by molar-refractivity contribution is 5.36. The molecule has 2 N–H and O–H groups in total. The summed E-state index contributed by atoms with van der Waals surface area (Å²) in [6.45, 7) is 5.49. The van der Waals surface area contributed by atoms with E-state index in [0.29, 0.717) is 6.04 Å². The number of fused-ring (bicyclic) bond motifs is 1. The van der Waals surface area contributed by atoms with E-state index < -0.39 is 0 Å². The molecular formula is C12H18N4O. The van der Waals surface area contributed by atoms with E-state index in [9.17, 15) is 0 Å². The Bertz CT molecular complexity index is 415. The number of nitrogens with zero attached hydrogens (tertiary/aromatic N) is 2. The highest BCUT2D eigenvalue weighted by Crippen LogP contribution is 2.19. The summed E-state index contributed by atoms with van der Waals surface area (Å²) in [5.41, 5.74) is 3.50. The van der Waals surface area contributed by atoms with Crippen LogP contribution in [0.1, 0.15) is 29.8 Å². The Morgan fingerprint density at radius 1 is 1.24 bits per heavy atom. The summed E-state index contributed by atoms with van der Waals surface area (Å²) >= 11 is 0. The van der Waals surface area contributed by atoms with Crippen molar-refractivity contribution in [3.05, 3.63) is 17.0 Å². The highest BCUT2D eigenvalue weighted by atomic mass is 16.5. The molecule has 0 bridgehead atoms. The molecule has 1 aromatic heterocycles. The summed E-state index contributed by atoms with van der Waals surface area (Å²) in [6.07, 6.45) is 2.08. The molecule has 0 amide bonds. The Balaban J connectivity index is 1.76. The Morgan fingerprint density at radius 3 is 2.88 bits per heavy atom. The van der Waals surface area contributed by atoms with Crippen LogP contribution in [0.2, 0.25) is 0 Å². The maximum Gasteiger partial charge on any atom is 0.223 e. The molecule has 1 saturated heterocycles. The zero-order chi connectivity index (χ0) is 11.7. The van der Waals surface area contributed by atoms with Crippen LogP contribution in [-0.4, -0.2) is 29.2 Å². The van der Waals surface area contributed by atoms with Gasteiger partial charge in [0.15, 0.2) is 0 Å². The van der Waals surface area contributed by atoms with E-state index in [1.54, 1.807) is 0 Å². The molecule has 0 atom stereocenters. The number of nitrogens with one attached hydrogen (secondary N) is 2. The van der Waals surface area contributed by atoms with Gasteiger partial charge in [0.2, 0.25) is 5.95 Å². The zero-order valence-corrected chi connectivity index (χ0v) is 10.1. The van der Waals surface area contributed by atoms with Gasteiger partial charge < -0.3 is 15.4 Å². The molecule has 2 aliphatic rings. The van der Waals surface area contributed by atoms with Gasteiger partial charge in [-0.3, -0.25) is 0 Å². The minimum absolute atomic E-state index is 0.454. The largest absolute Gasteiger partial charge is 0.381 e. The van der Waals surface area contributed by atoms with Gasteiger partial charge in [-0.1, -0.05) is 0 Å². The molecule has 5 heteroatoms. The van der Waals surface area contributed by atoms with Gasteiger partial charge in [0, 0.05) is 43.6 Å². The third-order valence-electron chi connectivity index (χ3n) is 3.45. The SMILES string of the molecule is Cc1nc(NC2CCOCC2)nc2c1CNC2. The van der Waals surface area contributed by atoms with Crippen molar-refractivity contribution in [1.82, 2.24) is 15.3 Å². The molecule has 3 rings (SSSR count). The van der Waals surface area contributed by atoms with E-state index in [2.05, 4.69) is 27.5 Å². The lowest BCUT2D eigenvalue weighted by molar-refractivity contribution is 0.0903. The molecule has 0 saturated carbocycles. The lowest BCUT2D eigenvalue weighted by Gasteiger charge is -2.23. The van der Waals surface area contributed by atoms with Gasteiger partial charge >= 0.3 is 0 Å². The van der Waals surface area contributed by atoms with E-state index in [1.165, 1.54) is 5.56 Å². The lowest BCUT2D eigenvalue weighted by Crippen LogP contribution is -2.29. The fraction of sp³-hybridized carbons (Fsp3) is 0.667. The fourth-order valence-electron chi connectivity index (χ4n) is 2.43. The average molecular weight is 234 g/mol. The highest BCUT2D eigenvalue weighted by Gasteiger charge is 2.19. The summed E-state index contributed by atoms with van der Waals surface area (Å²) in [7, 11) is 0. The van der Waals surface area contributed by atoms with Crippen molar-refractivity contribution in [2.24, 2.45) is 0 Å². The van der Waals surface area contributed by atoms with Crippen LogP contribution in [0.15, 0.2) is 0 Å². The Morgan fingerprint density at radius 2 is 2.06 bits per heavy atom. The number of aromatic nitrogens is 2. The molecule has 0 aliphatic carbocycles. The number of rotatable bonds is 2. The van der Waals surface area contributed by atoms with Crippen molar-refractivity contribution in [1.29, 1.82) is 0 Å². The molecule has 3 heterocycles. The first kappa shape index (κ1) is 10.9. The van der Waals surface area contributed by atoms with Crippen molar-refractivity contribution in [3.63, 3.8) is 0 Å². The molecule has 0 unspecified atom stereocenters. The minimum atomic E-state index is 0.454. The second-order valence-corrected chi connectivity index (χ2v) is 4.69. The predicted octanol–water partition coefficient (Wildman–Crippen LogP) is 0.979. The monoisotopic (exact) mass is 234 g/mol. The number of hydrogen-bond donors (Lipinski definition) is 2. The Kier molecular flexibility index (Phi) is 2.94. The van der Waals surface area contributed by atoms with Crippen molar-refractivity contribution >= 4 is 5.95 Å². The maximum absolute atomic E-state index is 5.34. The first-order valence-corrected chi connectivity index (χ1v) is 6.24. The first-order valence-electron chi connectivity index (χ1n) is 6.24. The summed E-state index contributed by atoms with van der Waals surface area (Å²) in [5, 5.41) is 6.73. The van der Waals surface area contributed by atoms with Crippen LogP contribution in [0.5, 0.6) is 0 Å².